The summed E-state index contributed by atoms with van der Waals surface area (Å²) < 4.78 is 7.32. The van der Waals surface area contributed by atoms with Gasteiger partial charge in [0.25, 0.3) is 0 Å². The van der Waals surface area contributed by atoms with Crippen LogP contribution >= 0.6 is 0 Å². The van der Waals surface area contributed by atoms with E-state index in [4.69, 9.17) is 4.42 Å². The Labute approximate surface area is 102 Å². The van der Waals surface area contributed by atoms with Gasteiger partial charge in [-0.15, -0.1) is 0 Å². The van der Waals surface area contributed by atoms with Crippen molar-refractivity contribution in [3.63, 3.8) is 0 Å². The summed E-state index contributed by atoms with van der Waals surface area (Å²) in [6, 6.07) is 6.04. The van der Waals surface area contributed by atoms with Crippen molar-refractivity contribution in [2.45, 2.75) is 39.9 Å². The molecule has 0 atom stereocenters. The molecule has 2 heterocycles. The minimum absolute atomic E-state index is 0.753. The van der Waals surface area contributed by atoms with E-state index in [0.29, 0.717) is 0 Å². The maximum Gasteiger partial charge on any atom is 0.117 e. The molecule has 0 aromatic carbocycles. The molecule has 0 spiro atoms. The summed E-state index contributed by atoms with van der Waals surface area (Å²) in [4.78, 5) is 0. The largest absolute Gasteiger partial charge is 0.468 e. The smallest absolute Gasteiger partial charge is 0.117 e. The van der Waals surface area contributed by atoms with Crippen LogP contribution in [-0.2, 0) is 26.1 Å². The Bertz CT molecular complexity index is 445. The molecule has 2 aromatic heterocycles. The number of nitrogens with zero attached hydrogens (tertiary/aromatic N) is 2. The van der Waals surface area contributed by atoms with Crippen molar-refractivity contribution in [3.8, 4) is 0 Å². The van der Waals surface area contributed by atoms with Gasteiger partial charge in [0, 0.05) is 13.1 Å². The van der Waals surface area contributed by atoms with E-state index in [0.717, 1.165) is 37.5 Å². The van der Waals surface area contributed by atoms with Crippen molar-refractivity contribution in [2.24, 2.45) is 0 Å². The van der Waals surface area contributed by atoms with Crippen molar-refractivity contribution in [1.82, 2.24) is 15.1 Å². The molecular weight excluding hydrogens is 214 g/mol. The fourth-order valence-electron chi connectivity index (χ4n) is 1.83. The highest BCUT2D eigenvalue weighted by Crippen LogP contribution is 2.06. The molecular formula is C13H19N3O. The number of rotatable bonds is 6. The summed E-state index contributed by atoms with van der Waals surface area (Å²) in [6.07, 6.45) is 2.68. The first-order chi connectivity index (χ1) is 8.33. The quantitative estimate of drug-likeness (QED) is 0.832. The SMILES string of the molecule is CCc1cc(CNCc2ccco2)n(CC)n1. The minimum atomic E-state index is 0.753. The van der Waals surface area contributed by atoms with Crippen LogP contribution in [0.5, 0.6) is 0 Å². The van der Waals surface area contributed by atoms with Gasteiger partial charge in [-0.2, -0.15) is 5.10 Å². The molecule has 1 N–H and O–H groups in total. The highest BCUT2D eigenvalue weighted by Gasteiger charge is 2.05. The first-order valence-corrected chi connectivity index (χ1v) is 6.12. The van der Waals surface area contributed by atoms with E-state index in [-0.39, 0.29) is 0 Å². The summed E-state index contributed by atoms with van der Waals surface area (Å²) in [5.74, 6) is 0.961. The van der Waals surface area contributed by atoms with Gasteiger partial charge in [0.2, 0.25) is 0 Å². The Morgan fingerprint density at radius 2 is 2.24 bits per heavy atom. The predicted octanol–water partition coefficient (Wildman–Crippen LogP) is 2.35. The van der Waals surface area contributed by atoms with Crippen molar-refractivity contribution >= 4 is 0 Å². The van der Waals surface area contributed by atoms with Crippen LogP contribution in [0.15, 0.2) is 28.9 Å². The lowest BCUT2D eigenvalue weighted by atomic mass is 10.3. The van der Waals surface area contributed by atoms with E-state index in [1.807, 2.05) is 16.8 Å². The molecule has 0 saturated heterocycles. The number of hydrogen-bond acceptors (Lipinski definition) is 3. The Kier molecular flexibility index (Phi) is 3.98. The average Bonchev–Trinajstić information content (AvgIpc) is 2.98. The third-order valence-electron chi connectivity index (χ3n) is 2.76. The van der Waals surface area contributed by atoms with Gasteiger partial charge in [-0.25, -0.2) is 0 Å². The third kappa shape index (κ3) is 2.97. The van der Waals surface area contributed by atoms with Gasteiger partial charge in [-0.05, 0) is 31.5 Å². The fraction of sp³-hybridized carbons (Fsp3) is 0.462. The number of nitrogens with one attached hydrogen (secondary N) is 1. The van der Waals surface area contributed by atoms with Crippen molar-refractivity contribution in [1.29, 1.82) is 0 Å². The minimum Gasteiger partial charge on any atom is -0.468 e. The average molecular weight is 233 g/mol. The van der Waals surface area contributed by atoms with Gasteiger partial charge >= 0.3 is 0 Å². The Morgan fingerprint density at radius 3 is 2.88 bits per heavy atom. The molecule has 0 fully saturated rings. The van der Waals surface area contributed by atoms with Crippen LogP contribution in [0.1, 0.15) is 31.0 Å². The molecule has 0 bridgehead atoms. The molecule has 0 unspecified atom stereocenters. The number of furan rings is 1. The lowest BCUT2D eigenvalue weighted by Gasteiger charge is -2.05. The van der Waals surface area contributed by atoms with E-state index in [2.05, 4.69) is 30.3 Å². The molecule has 0 aliphatic rings. The Balaban J connectivity index is 1.91. The summed E-state index contributed by atoms with van der Waals surface area (Å²) in [5, 5.41) is 7.88. The van der Waals surface area contributed by atoms with Gasteiger partial charge in [-0.1, -0.05) is 6.92 Å². The molecule has 4 heteroatoms. The van der Waals surface area contributed by atoms with Gasteiger partial charge < -0.3 is 9.73 Å². The zero-order valence-corrected chi connectivity index (χ0v) is 10.4. The van der Waals surface area contributed by atoms with Crippen LogP contribution in [0, 0.1) is 0 Å². The van der Waals surface area contributed by atoms with Gasteiger partial charge in [-0.3, -0.25) is 4.68 Å². The summed E-state index contributed by atoms with van der Waals surface area (Å²) in [5.41, 5.74) is 2.39. The van der Waals surface area contributed by atoms with Gasteiger partial charge in [0.15, 0.2) is 0 Å². The van der Waals surface area contributed by atoms with Crippen molar-refractivity contribution < 1.29 is 4.42 Å². The molecule has 17 heavy (non-hydrogen) atoms. The molecule has 0 radical (unpaired) electrons. The number of hydrogen-bond donors (Lipinski definition) is 1. The van der Waals surface area contributed by atoms with Crippen LogP contribution in [0.3, 0.4) is 0 Å². The standard InChI is InChI=1S/C13H19N3O/c1-3-11-8-12(16(4-2)15-11)9-14-10-13-6-5-7-17-13/h5-8,14H,3-4,9-10H2,1-2H3. The number of aromatic nitrogens is 2. The van der Waals surface area contributed by atoms with E-state index >= 15 is 0 Å². The predicted molar refractivity (Wildman–Crippen MR) is 66.5 cm³/mol. The zero-order valence-electron chi connectivity index (χ0n) is 10.4. The first kappa shape index (κ1) is 11.9. The molecule has 0 saturated carbocycles. The molecule has 2 aromatic rings. The molecule has 2 rings (SSSR count). The van der Waals surface area contributed by atoms with Gasteiger partial charge in [0.05, 0.1) is 24.2 Å². The van der Waals surface area contributed by atoms with E-state index < -0.39 is 0 Å². The highest BCUT2D eigenvalue weighted by molar-refractivity contribution is 5.10. The molecule has 0 amide bonds. The second-order valence-electron chi connectivity index (χ2n) is 3.98. The topological polar surface area (TPSA) is 43.0 Å². The van der Waals surface area contributed by atoms with E-state index in [1.165, 1.54) is 5.69 Å². The van der Waals surface area contributed by atoms with Crippen LogP contribution in [0.25, 0.3) is 0 Å². The first-order valence-electron chi connectivity index (χ1n) is 6.12. The third-order valence-corrected chi connectivity index (χ3v) is 2.76. The number of aryl methyl sites for hydroxylation is 2. The summed E-state index contributed by atoms with van der Waals surface area (Å²) >= 11 is 0. The molecule has 4 nitrogen and oxygen atoms in total. The lowest BCUT2D eigenvalue weighted by Crippen LogP contribution is -2.15. The highest BCUT2D eigenvalue weighted by atomic mass is 16.3. The van der Waals surface area contributed by atoms with E-state index in [9.17, 15) is 0 Å². The van der Waals surface area contributed by atoms with E-state index in [1.54, 1.807) is 6.26 Å². The van der Waals surface area contributed by atoms with Crippen LogP contribution < -0.4 is 5.32 Å². The maximum atomic E-state index is 5.27. The van der Waals surface area contributed by atoms with Crippen molar-refractivity contribution in [3.05, 3.63) is 41.6 Å². The molecule has 0 aliphatic heterocycles. The molecule has 92 valence electrons. The second-order valence-corrected chi connectivity index (χ2v) is 3.98. The summed E-state index contributed by atoms with van der Waals surface area (Å²) in [7, 11) is 0. The maximum absolute atomic E-state index is 5.27. The van der Waals surface area contributed by atoms with Crippen LogP contribution in [0.2, 0.25) is 0 Å². The zero-order chi connectivity index (χ0) is 12.1. The lowest BCUT2D eigenvalue weighted by molar-refractivity contribution is 0.476. The van der Waals surface area contributed by atoms with Crippen LogP contribution in [-0.4, -0.2) is 9.78 Å². The Hall–Kier alpha value is -1.55. The normalized spacial score (nSPS) is 10.9. The Morgan fingerprint density at radius 1 is 1.35 bits per heavy atom. The van der Waals surface area contributed by atoms with Crippen LogP contribution in [0.4, 0.5) is 0 Å². The molecule has 0 aliphatic carbocycles. The van der Waals surface area contributed by atoms with Gasteiger partial charge in [0.1, 0.15) is 5.76 Å². The summed E-state index contributed by atoms with van der Waals surface area (Å²) in [6.45, 7) is 6.73. The monoisotopic (exact) mass is 233 g/mol. The second kappa shape index (κ2) is 5.68. The fourth-order valence-corrected chi connectivity index (χ4v) is 1.83. The van der Waals surface area contributed by atoms with Crippen molar-refractivity contribution in [2.75, 3.05) is 0 Å².